The van der Waals surface area contributed by atoms with Crippen LogP contribution in [-0.2, 0) is 11.3 Å². The second kappa shape index (κ2) is 9.99. The quantitative estimate of drug-likeness (QED) is 0.270. The molecule has 0 fully saturated rings. The Morgan fingerprint density at radius 1 is 0.886 bits per heavy atom. The number of anilines is 2. The van der Waals surface area contributed by atoms with Gasteiger partial charge in [0.1, 0.15) is 36.0 Å². The van der Waals surface area contributed by atoms with Crippen molar-refractivity contribution in [3.05, 3.63) is 72.8 Å². The van der Waals surface area contributed by atoms with Gasteiger partial charge in [-0.25, -0.2) is 15.0 Å². The van der Waals surface area contributed by atoms with Crippen LogP contribution in [0, 0.1) is 6.92 Å². The number of benzene rings is 3. The molecule has 0 unspecified atom stereocenters. The summed E-state index contributed by atoms with van der Waals surface area (Å²) in [5.74, 6) is 2.99. The number of nitrogens with zero attached hydrogens (tertiary/aromatic N) is 4. The highest BCUT2D eigenvalue weighted by Crippen LogP contribution is 2.31. The Kier molecular flexibility index (Phi) is 6.45. The smallest absolute Gasteiger partial charge is 0.141 e. The molecule has 0 amide bonds. The lowest BCUT2D eigenvalue weighted by Crippen LogP contribution is -2.04. The van der Waals surface area contributed by atoms with Crippen LogP contribution in [0.3, 0.4) is 0 Å². The number of hydrogen-bond acceptors (Lipinski definition) is 7. The van der Waals surface area contributed by atoms with Gasteiger partial charge in [0.25, 0.3) is 0 Å². The number of ether oxygens (including phenoxy) is 3. The van der Waals surface area contributed by atoms with E-state index < -0.39 is 0 Å². The minimum atomic E-state index is 0.479. The molecule has 1 N–H and O–H groups in total. The first-order chi connectivity index (χ1) is 17.1. The van der Waals surface area contributed by atoms with E-state index in [1.54, 1.807) is 13.4 Å². The SMILES string of the molecule is CCn1cnc2cc(Oc3ccc(Nc4ncnc5ccc(OCCOC)cc45)cc3C)ccc21. The Morgan fingerprint density at radius 2 is 1.77 bits per heavy atom. The summed E-state index contributed by atoms with van der Waals surface area (Å²) in [7, 11) is 1.65. The highest BCUT2D eigenvalue weighted by Gasteiger charge is 2.10. The van der Waals surface area contributed by atoms with Crippen LogP contribution < -0.4 is 14.8 Å². The van der Waals surface area contributed by atoms with Crippen LogP contribution in [0.25, 0.3) is 21.9 Å². The van der Waals surface area contributed by atoms with Crippen molar-refractivity contribution in [3.8, 4) is 17.2 Å². The first kappa shape index (κ1) is 22.6. The Balaban J connectivity index is 1.35. The summed E-state index contributed by atoms with van der Waals surface area (Å²) in [6.45, 7) is 6.01. The molecule has 0 aliphatic rings. The zero-order valence-electron chi connectivity index (χ0n) is 20.0. The maximum absolute atomic E-state index is 6.17. The molecule has 5 rings (SSSR count). The lowest BCUT2D eigenvalue weighted by Gasteiger charge is -2.13. The van der Waals surface area contributed by atoms with Gasteiger partial charge >= 0.3 is 0 Å². The second-order valence-electron chi connectivity index (χ2n) is 8.13. The third kappa shape index (κ3) is 4.88. The zero-order chi connectivity index (χ0) is 24.2. The van der Waals surface area contributed by atoms with Crippen LogP contribution in [0.1, 0.15) is 12.5 Å². The number of imidazole rings is 1. The van der Waals surface area contributed by atoms with Gasteiger partial charge in [0.05, 0.1) is 29.5 Å². The van der Waals surface area contributed by atoms with Crippen molar-refractivity contribution in [2.45, 2.75) is 20.4 Å². The summed E-state index contributed by atoms with van der Waals surface area (Å²) in [5.41, 5.74) is 4.75. The van der Waals surface area contributed by atoms with E-state index in [9.17, 15) is 0 Å². The van der Waals surface area contributed by atoms with Crippen molar-refractivity contribution in [1.29, 1.82) is 0 Å². The number of fused-ring (bicyclic) bond motifs is 2. The summed E-state index contributed by atoms with van der Waals surface area (Å²) in [5, 5.41) is 4.28. The Hall–Kier alpha value is -4.17. The van der Waals surface area contributed by atoms with Crippen LogP contribution in [0.2, 0.25) is 0 Å². The Labute approximate surface area is 203 Å². The van der Waals surface area contributed by atoms with Gasteiger partial charge < -0.3 is 24.1 Å². The fraction of sp³-hybridized carbons (Fsp3) is 0.222. The van der Waals surface area contributed by atoms with Crippen molar-refractivity contribution in [1.82, 2.24) is 19.5 Å². The van der Waals surface area contributed by atoms with Gasteiger partial charge in [-0.2, -0.15) is 0 Å². The van der Waals surface area contributed by atoms with Gasteiger partial charge in [0.15, 0.2) is 0 Å². The third-order valence-electron chi connectivity index (χ3n) is 5.76. The van der Waals surface area contributed by atoms with Crippen LogP contribution >= 0.6 is 0 Å². The summed E-state index contributed by atoms with van der Waals surface area (Å²) in [6, 6.07) is 17.7. The van der Waals surface area contributed by atoms with Crippen molar-refractivity contribution in [2.75, 3.05) is 25.6 Å². The van der Waals surface area contributed by atoms with Gasteiger partial charge in [0.2, 0.25) is 0 Å². The molecule has 8 nitrogen and oxygen atoms in total. The highest BCUT2D eigenvalue weighted by atomic mass is 16.5. The van der Waals surface area contributed by atoms with Crippen molar-refractivity contribution in [2.24, 2.45) is 0 Å². The molecule has 35 heavy (non-hydrogen) atoms. The Morgan fingerprint density at radius 3 is 2.60 bits per heavy atom. The van der Waals surface area contributed by atoms with E-state index in [1.165, 1.54) is 0 Å². The number of aromatic nitrogens is 4. The number of rotatable bonds is 9. The number of aryl methyl sites for hydroxylation is 2. The Bertz CT molecular complexity index is 1480. The van der Waals surface area contributed by atoms with E-state index in [-0.39, 0.29) is 0 Å². The maximum Gasteiger partial charge on any atom is 0.141 e. The summed E-state index contributed by atoms with van der Waals surface area (Å²) in [6.07, 6.45) is 3.40. The number of hydrogen-bond donors (Lipinski definition) is 1. The van der Waals surface area contributed by atoms with Gasteiger partial charge in [-0.1, -0.05) is 0 Å². The molecule has 0 saturated carbocycles. The molecule has 5 aromatic rings. The van der Waals surface area contributed by atoms with E-state index in [0.717, 1.165) is 57.0 Å². The monoisotopic (exact) mass is 469 g/mol. The largest absolute Gasteiger partial charge is 0.491 e. The van der Waals surface area contributed by atoms with Crippen molar-refractivity contribution < 1.29 is 14.2 Å². The number of methoxy groups -OCH3 is 1. The standard InChI is InChI=1S/C27H27N5O3/c1-4-32-17-30-24-15-21(7-9-25(24)32)35-26-10-5-19(13-18(26)2)31-27-22-14-20(34-12-11-33-3)6-8-23(22)28-16-29-27/h5-10,13-17H,4,11-12H2,1-3H3,(H,28,29,31). The molecule has 3 aromatic carbocycles. The highest BCUT2D eigenvalue weighted by molar-refractivity contribution is 5.91. The molecular formula is C27H27N5O3. The lowest BCUT2D eigenvalue weighted by atomic mass is 10.2. The van der Waals surface area contributed by atoms with Gasteiger partial charge in [-0.05, 0) is 67.9 Å². The van der Waals surface area contributed by atoms with Gasteiger partial charge in [0, 0.05) is 30.8 Å². The first-order valence-electron chi connectivity index (χ1n) is 11.5. The predicted molar refractivity (Wildman–Crippen MR) is 137 cm³/mol. The lowest BCUT2D eigenvalue weighted by molar-refractivity contribution is 0.146. The molecule has 0 saturated heterocycles. The average Bonchev–Trinajstić information content (AvgIpc) is 3.28. The zero-order valence-corrected chi connectivity index (χ0v) is 20.0. The van der Waals surface area contributed by atoms with Crippen LogP contribution in [0.15, 0.2) is 67.3 Å². The summed E-state index contributed by atoms with van der Waals surface area (Å²) < 4.78 is 19.1. The molecule has 0 spiro atoms. The molecule has 178 valence electrons. The van der Waals surface area contributed by atoms with Crippen molar-refractivity contribution >= 4 is 33.4 Å². The molecule has 2 aromatic heterocycles. The molecule has 8 heteroatoms. The third-order valence-corrected chi connectivity index (χ3v) is 5.76. The fourth-order valence-corrected chi connectivity index (χ4v) is 3.93. The van der Waals surface area contributed by atoms with Crippen molar-refractivity contribution in [3.63, 3.8) is 0 Å². The molecule has 0 atom stereocenters. The van der Waals surface area contributed by atoms with Crippen LogP contribution in [0.5, 0.6) is 17.2 Å². The van der Waals surface area contributed by atoms with E-state index in [2.05, 4.69) is 31.8 Å². The maximum atomic E-state index is 6.17. The van der Waals surface area contributed by atoms with E-state index in [0.29, 0.717) is 19.0 Å². The molecule has 2 heterocycles. The van der Waals surface area contributed by atoms with Gasteiger partial charge in [-0.3, -0.25) is 0 Å². The first-order valence-corrected chi connectivity index (χ1v) is 11.5. The predicted octanol–water partition coefficient (Wildman–Crippen LogP) is 5.87. The average molecular weight is 470 g/mol. The molecule has 0 radical (unpaired) electrons. The molecule has 0 aliphatic heterocycles. The van der Waals surface area contributed by atoms with E-state index >= 15 is 0 Å². The van der Waals surface area contributed by atoms with E-state index in [1.807, 2.05) is 67.8 Å². The molecule has 0 bridgehead atoms. The van der Waals surface area contributed by atoms with E-state index in [4.69, 9.17) is 14.2 Å². The molecular weight excluding hydrogens is 442 g/mol. The second-order valence-corrected chi connectivity index (χ2v) is 8.13. The minimum absolute atomic E-state index is 0.479. The normalized spacial score (nSPS) is 11.2. The molecule has 0 aliphatic carbocycles. The van der Waals surface area contributed by atoms with Crippen LogP contribution in [0.4, 0.5) is 11.5 Å². The summed E-state index contributed by atoms with van der Waals surface area (Å²) in [4.78, 5) is 13.3. The number of nitrogens with one attached hydrogen (secondary N) is 1. The summed E-state index contributed by atoms with van der Waals surface area (Å²) >= 11 is 0. The topological polar surface area (TPSA) is 83.3 Å². The van der Waals surface area contributed by atoms with Crippen LogP contribution in [-0.4, -0.2) is 39.8 Å². The minimum Gasteiger partial charge on any atom is -0.491 e. The van der Waals surface area contributed by atoms with Gasteiger partial charge in [-0.15, -0.1) is 0 Å². The fourth-order valence-electron chi connectivity index (χ4n) is 3.93.